The van der Waals surface area contributed by atoms with Crippen LogP contribution in [-0.2, 0) is 18.4 Å². The second kappa shape index (κ2) is 10.1. The largest absolute Gasteiger partial charge is 0.454 e. The number of carbonyl (C=O) groups excluding carboxylic acids is 1. The molecule has 1 fully saturated rings. The Morgan fingerprint density at radius 2 is 1.70 bits per heavy atom. The van der Waals surface area contributed by atoms with Crippen LogP contribution in [0.4, 0.5) is 0 Å². The van der Waals surface area contributed by atoms with Crippen LogP contribution in [0.1, 0.15) is 29.0 Å². The molecule has 0 saturated carbocycles. The number of fused-ring (bicyclic) bond motifs is 2. The minimum Gasteiger partial charge on any atom is -0.454 e. The third-order valence-electron chi connectivity index (χ3n) is 7.52. The maximum atomic E-state index is 13.6. The Kier molecular flexibility index (Phi) is 6.53. The highest BCUT2D eigenvalue weighted by atomic mass is 35.5. The van der Waals surface area contributed by atoms with Gasteiger partial charge >= 0.3 is 0 Å². The number of para-hydroxylation sites is 1. The van der Waals surface area contributed by atoms with Crippen molar-refractivity contribution in [2.75, 3.05) is 33.0 Å². The molecule has 2 aliphatic rings. The summed E-state index contributed by atoms with van der Waals surface area (Å²) in [4.78, 5) is 18.0. The summed E-state index contributed by atoms with van der Waals surface area (Å²) in [5, 5.41) is 1.89. The van der Waals surface area contributed by atoms with Gasteiger partial charge in [0.05, 0.1) is 0 Å². The van der Waals surface area contributed by atoms with Crippen molar-refractivity contribution in [3.63, 3.8) is 0 Å². The Morgan fingerprint density at radius 3 is 2.51 bits per heavy atom. The highest BCUT2D eigenvalue weighted by Crippen LogP contribution is 2.36. The molecule has 190 valence electrons. The van der Waals surface area contributed by atoms with Crippen molar-refractivity contribution >= 4 is 28.4 Å². The summed E-state index contributed by atoms with van der Waals surface area (Å²) in [5.74, 6) is 1.77. The third-order valence-corrected chi connectivity index (χ3v) is 7.77. The smallest absolute Gasteiger partial charge is 0.231 e. The molecular weight excluding hydrogens is 486 g/mol. The number of benzene rings is 3. The summed E-state index contributed by atoms with van der Waals surface area (Å²) in [6.45, 7) is 4.27. The van der Waals surface area contributed by atoms with Crippen molar-refractivity contribution in [1.82, 2.24) is 14.4 Å². The molecule has 6 rings (SSSR count). The minimum absolute atomic E-state index is 0.0393. The molecule has 1 aromatic heterocycles. The number of nitrogens with zero attached hydrogens (tertiary/aromatic N) is 3. The van der Waals surface area contributed by atoms with E-state index in [0.717, 1.165) is 49.8 Å². The van der Waals surface area contributed by atoms with E-state index in [0.29, 0.717) is 11.4 Å². The fourth-order valence-electron chi connectivity index (χ4n) is 5.51. The van der Waals surface area contributed by atoms with Crippen LogP contribution in [0.3, 0.4) is 0 Å². The van der Waals surface area contributed by atoms with Gasteiger partial charge < -0.3 is 18.9 Å². The first-order chi connectivity index (χ1) is 18.0. The number of halogens is 1. The quantitative estimate of drug-likeness (QED) is 0.344. The van der Waals surface area contributed by atoms with Crippen LogP contribution in [-0.4, -0.2) is 53.2 Å². The molecule has 7 heteroatoms. The first-order valence-electron chi connectivity index (χ1n) is 12.7. The molecule has 0 N–H and O–H groups in total. The van der Waals surface area contributed by atoms with Gasteiger partial charge in [0.25, 0.3) is 0 Å². The Labute approximate surface area is 221 Å². The summed E-state index contributed by atoms with van der Waals surface area (Å²) >= 11 is 6.19. The van der Waals surface area contributed by atoms with Crippen LogP contribution in [0, 0.1) is 0 Å². The maximum absolute atomic E-state index is 13.6. The van der Waals surface area contributed by atoms with E-state index in [-0.39, 0.29) is 18.6 Å². The van der Waals surface area contributed by atoms with Crippen molar-refractivity contribution in [3.8, 4) is 11.5 Å². The second-order valence-electron chi connectivity index (χ2n) is 9.87. The molecule has 1 saturated heterocycles. The van der Waals surface area contributed by atoms with Crippen LogP contribution < -0.4 is 9.47 Å². The van der Waals surface area contributed by atoms with Crippen molar-refractivity contribution in [1.29, 1.82) is 0 Å². The Balaban J connectivity index is 1.16. The van der Waals surface area contributed by atoms with Gasteiger partial charge in [-0.05, 0) is 47.0 Å². The summed E-state index contributed by atoms with van der Waals surface area (Å²) in [6, 6.07) is 22.4. The van der Waals surface area contributed by atoms with E-state index < -0.39 is 0 Å². The number of amides is 1. The number of hydrogen-bond acceptors (Lipinski definition) is 4. The monoisotopic (exact) mass is 515 g/mol. The SMILES string of the molecule is Cn1cc([C@H](CC(=O)N2CCN(Cc3ccc4c(c3)OCO4)CC2)c2ccc(Cl)cc2)c2ccccc21. The second-order valence-corrected chi connectivity index (χ2v) is 10.3. The van der Waals surface area contributed by atoms with E-state index in [1.54, 1.807) is 0 Å². The minimum atomic E-state index is -0.0393. The first-order valence-corrected chi connectivity index (χ1v) is 13.1. The Hall–Kier alpha value is -3.48. The van der Waals surface area contributed by atoms with E-state index in [1.165, 1.54) is 22.0 Å². The van der Waals surface area contributed by atoms with Crippen molar-refractivity contribution in [2.45, 2.75) is 18.9 Å². The molecule has 1 amide bonds. The molecule has 3 aromatic carbocycles. The normalized spacial score (nSPS) is 16.3. The number of aromatic nitrogens is 1. The number of piperazine rings is 1. The molecule has 4 aromatic rings. The van der Waals surface area contributed by atoms with Gasteiger partial charge in [0.15, 0.2) is 11.5 Å². The van der Waals surface area contributed by atoms with Gasteiger partial charge in [-0.15, -0.1) is 0 Å². The zero-order chi connectivity index (χ0) is 25.4. The van der Waals surface area contributed by atoms with Gasteiger partial charge in [-0.25, -0.2) is 0 Å². The van der Waals surface area contributed by atoms with Crippen LogP contribution in [0.5, 0.6) is 11.5 Å². The lowest BCUT2D eigenvalue weighted by Crippen LogP contribution is -2.48. The zero-order valence-electron chi connectivity index (χ0n) is 20.9. The van der Waals surface area contributed by atoms with E-state index in [4.69, 9.17) is 21.1 Å². The number of hydrogen-bond donors (Lipinski definition) is 0. The van der Waals surface area contributed by atoms with Crippen molar-refractivity contribution in [3.05, 3.63) is 94.6 Å². The fraction of sp³-hybridized carbons (Fsp3) is 0.300. The molecule has 1 atom stereocenters. The molecule has 0 spiro atoms. The van der Waals surface area contributed by atoms with Crippen LogP contribution in [0.25, 0.3) is 10.9 Å². The predicted molar refractivity (Wildman–Crippen MR) is 145 cm³/mol. The maximum Gasteiger partial charge on any atom is 0.231 e. The van der Waals surface area contributed by atoms with Crippen molar-refractivity contribution < 1.29 is 14.3 Å². The topological polar surface area (TPSA) is 46.9 Å². The summed E-state index contributed by atoms with van der Waals surface area (Å²) < 4.78 is 13.1. The molecule has 0 bridgehead atoms. The summed E-state index contributed by atoms with van der Waals surface area (Å²) in [5.41, 5.74) is 4.65. The molecule has 0 unspecified atom stereocenters. The number of aryl methyl sites for hydroxylation is 1. The van der Waals surface area contributed by atoms with Crippen LogP contribution in [0.15, 0.2) is 72.9 Å². The standard InChI is InChI=1S/C30H30ClN3O3/c1-32-19-26(24-4-2-3-5-27(24)32)25(22-7-9-23(31)10-8-22)17-30(35)34-14-12-33(13-15-34)18-21-6-11-28-29(16-21)37-20-36-28/h2-11,16,19,25H,12-15,17-18,20H2,1H3/t25-/m1/s1. The number of rotatable bonds is 6. The summed E-state index contributed by atoms with van der Waals surface area (Å²) in [6.07, 6.45) is 2.60. The number of carbonyl (C=O) groups is 1. The Bertz CT molecular complexity index is 1420. The van der Waals surface area contributed by atoms with Gasteiger partial charge in [0.2, 0.25) is 12.7 Å². The van der Waals surface area contributed by atoms with Gasteiger partial charge in [0.1, 0.15) is 0 Å². The average molecular weight is 516 g/mol. The molecular formula is C30H30ClN3O3. The molecule has 0 radical (unpaired) electrons. The molecule has 6 nitrogen and oxygen atoms in total. The average Bonchev–Trinajstić information content (AvgIpc) is 3.52. The molecule has 37 heavy (non-hydrogen) atoms. The van der Waals surface area contributed by atoms with Crippen LogP contribution >= 0.6 is 11.6 Å². The summed E-state index contributed by atoms with van der Waals surface area (Å²) in [7, 11) is 2.06. The highest BCUT2D eigenvalue weighted by molar-refractivity contribution is 6.30. The van der Waals surface area contributed by atoms with E-state index >= 15 is 0 Å². The molecule has 2 aliphatic heterocycles. The van der Waals surface area contributed by atoms with E-state index in [1.807, 2.05) is 35.2 Å². The highest BCUT2D eigenvalue weighted by Gasteiger charge is 2.27. The van der Waals surface area contributed by atoms with E-state index in [9.17, 15) is 4.79 Å². The van der Waals surface area contributed by atoms with Crippen molar-refractivity contribution in [2.24, 2.45) is 7.05 Å². The predicted octanol–water partition coefficient (Wildman–Crippen LogP) is 5.43. The fourth-order valence-corrected chi connectivity index (χ4v) is 5.64. The lowest BCUT2D eigenvalue weighted by atomic mass is 9.87. The molecule has 3 heterocycles. The molecule has 0 aliphatic carbocycles. The van der Waals surface area contributed by atoms with Gasteiger partial charge in [-0.1, -0.05) is 48.0 Å². The van der Waals surface area contributed by atoms with Gasteiger partial charge in [-0.2, -0.15) is 0 Å². The number of ether oxygens (including phenoxy) is 2. The zero-order valence-corrected chi connectivity index (χ0v) is 21.7. The third kappa shape index (κ3) is 4.91. The lowest BCUT2D eigenvalue weighted by molar-refractivity contribution is -0.133. The van der Waals surface area contributed by atoms with E-state index in [2.05, 4.69) is 59.1 Å². The Morgan fingerprint density at radius 1 is 0.946 bits per heavy atom. The van der Waals surface area contributed by atoms with Crippen LogP contribution in [0.2, 0.25) is 5.02 Å². The van der Waals surface area contributed by atoms with Gasteiger partial charge in [0, 0.05) is 74.2 Å². The first kappa shape index (κ1) is 23.9. The van der Waals surface area contributed by atoms with Gasteiger partial charge in [-0.3, -0.25) is 9.69 Å². The lowest BCUT2D eigenvalue weighted by Gasteiger charge is -2.35.